The summed E-state index contributed by atoms with van der Waals surface area (Å²) in [7, 11) is 3.67. The van der Waals surface area contributed by atoms with E-state index in [9.17, 15) is 9.59 Å². The molecule has 7 heteroatoms. The van der Waals surface area contributed by atoms with E-state index in [2.05, 4.69) is 45.7 Å². The Bertz CT molecular complexity index is 956. The number of benzene rings is 2. The zero-order valence-electron chi connectivity index (χ0n) is 18.2. The van der Waals surface area contributed by atoms with E-state index in [0.29, 0.717) is 18.0 Å². The van der Waals surface area contributed by atoms with Crippen LogP contribution in [0.15, 0.2) is 42.5 Å². The molecule has 1 saturated heterocycles. The van der Waals surface area contributed by atoms with Gasteiger partial charge in [0.1, 0.15) is 5.75 Å². The van der Waals surface area contributed by atoms with Crippen molar-refractivity contribution in [1.82, 2.24) is 10.2 Å². The van der Waals surface area contributed by atoms with Crippen molar-refractivity contribution in [3.63, 3.8) is 0 Å². The molecule has 2 aliphatic rings. The minimum absolute atomic E-state index is 0.0623. The number of rotatable bonds is 6. The average Bonchev–Trinajstić information content (AvgIpc) is 3.44. The Morgan fingerprint density at radius 2 is 1.87 bits per heavy atom. The first-order valence-electron chi connectivity index (χ1n) is 10.9. The van der Waals surface area contributed by atoms with Crippen molar-refractivity contribution in [1.29, 1.82) is 0 Å². The Hall–Kier alpha value is -3.06. The maximum Gasteiger partial charge on any atom is 0.313 e. The minimum Gasteiger partial charge on any atom is -0.497 e. The summed E-state index contributed by atoms with van der Waals surface area (Å²) >= 11 is 0. The van der Waals surface area contributed by atoms with Gasteiger partial charge in [-0.05, 0) is 61.7 Å². The number of carbonyl (C=O) groups is 2. The van der Waals surface area contributed by atoms with Gasteiger partial charge in [0.25, 0.3) is 0 Å². The normalized spacial score (nSPS) is 16.6. The molecule has 4 rings (SSSR count). The molecule has 2 aromatic rings. The van der Waals surface area contributed by atoms with Gasteiger partial charge in [-0.25, -0.2) is 0 Å². The summed E-state index contributed by atoms with van der Waals surface area (Å²) in [5.41, 5.74) is 4.36. The van der Waals surface area contributed by atoms with Crippen molar-refractivity contribution in [3.8, 4) is 5.75 Å². The fourth-order valence-electron chi connectivity index (χ4n) is 4.46. The Balaban J connectivity index is 1.43. The number of carbonyl (C=O) groups excluding carboxylic acids is 2. The van der Waals surface area contributed by atoms with E-state index < -0.39 is 11.8 Å². The van der Waals surface area contributed by atoms with Crippen LogP contribution in [0, 0.1) is 0 Å². The molecule has 2 aliphatic heterocycles. The van der Waals surface area contributed by atoms with Gasteiger partial charge in [-0.2, -0.15) is 0 Å². The lowest BCUT2D eigenvalue weighted by Crippen LogP contribution is -2.41. The summed E-state index contributed by atoms with van der Waals surface area (Å²) in [6.07, 6.45) is 3.37. The van der Waals surface area contributed by atoms with Gasteiger partial charge < -0.3 is 20.3 Å². The quantitative estimate of drug-likeness (QED) is 0.700. The summed E-state index contributed by atoms with van der Waals surface area (Å²) in [4.78, 5) is 29.6. The van der Waals surface area contributed by atoms with Gasteiger partial charge in [0.15, 0.2) is 0 Å². The molecule has 0 radical (unpaired) electrons. The molecule has 164 valence electrons. The standard InChI is InChI=1S/C24H30N4O3/c1-27-13-10-18-14-17(8-9-21(18)27)22(28-11-3-4-12-28)16-25-23(29)24(30)26-19-6-5-7-20(15-19)31-2/h5-9,14-15,22H,3-4,10-13,16H2,1-2H3,(H,25,29)(H,26,30)/t22-/m1/s1. The minimum atomic E-state index is -0.677. The van der Waals surface area contributed by atoms with E-state index in [0.717, 1.165) is 38.9 Å². The molecule has 0 saturated carbocycles. The third kappa shape index (κ3) is 4.82. The summed E-state index contributed by atoms with van der Waals surface area (Å²) in [5, 5.41) is 5.49. The smallest absolute Gasteiger partial charge is 0.313 e. The van der Waals surface area contributed by atoms with Gasteiger partial charge in [0.2, 0.25) is 0 Å². The lowest BCUT2D eigenvalue weighted by molar-refractivity contribution is -0.136. The predicted octanol–water partition coefficient (Wildman–Crippen LogP) is 2.58. The van der Waals surface area contributed by atoms with Crippen LogP contribution in [-0.4, -0.2) is 57.1 Å². The largest absolute Gasteiger partial charge is 0.497 e. The number of anilines is 2. The zero-order valence-corrected chi connectivity index (χ0v) is 18.2. The second-order valence-corrected chi connectivity index (χ2v) is 8.21. The summed E-state index contributed by atoms with van der Waals surface area (Å²) in [5.74, 6) is -0.688. The topological polar surface area (TPSA) is 73.9 Å². The van der Waals surface area contributed by atoms with E-state index in [1.54, 1.807) is 31.4 Å². The van der Waals surface area contributed by atoms with Crippen LogP contribution in [0.2, 0.25) is 0 Å². The fourth-order valence-corrected chi connectivity index (χ4v) is 4.46. The van der Waals surface area contributed by atoms with Crippen molar-refractivity contribution in [2.24, 2.45) is 0 Å². The third-order valence-corrected chi connectivity index (χ3v) is 6.19. The predicted molar refractivity (Wildman–Crippen MR) is 122 cm³/mol. The van der Waals surface area contributed by atoms with Crippen LogP contribution >= 0.6 is 0 Å². The first kappa shape index (κ1) is 21.2. The van der Waals surface area contributed by atoms with Crippen molar-refractivity contribution in [2.45, 2.75) is 25.3 Å². The molecule has 31 heavy (non-hydrogen) atoms. The number of ether oxygens (including phenoxy) is 1. The van der Waals surface area contributed by atoms with Crippen molar-refractivity contribution in [3.05, 3.63) is 53.6 Å². The van der Waals surface area contributed by atoms with Crippen LogP contribution in [0.5, 0.6) is 5.75 Å². The third-order valence-electron chi connectivity index (χ3n) is 6.19. The zero-order chi connectivity index (χ0) is 21.8. The molecule has 2 heterocycles. The molecule has 0 bridgehead atoms. The van der Waals surface area contributed by atoms with Gasteiger partial charge in [-0.15, -0.1) is 0 Å². The number of likely N-dealkylation sites (tertiary alicyclic amines) is 1. The van der Waals surface area contributed by atoms with Gasteiger partial charge in [-0.1, -0.05) is 18.2 Å². The molecule has 1 atom stereocenters. The van der Waals surface area contributed by atoms with E-state index in [1.165, 1.54) is 16.8 Å². The number of amides is 2. The molecule has 7 nitrogen and oxygen atoms in total. The van der Waals surface area contributed by atoms with Crippen LogP contribution in [0.25, 0.3) is 0 Å². The molecule has 0 unspecified atom stereocenters. The van der Waals surface area contributed by atoms with Crippen LogP contribution < -0.4 is 20.3 Å². The van der Waals surface area contributed by atoms with Crippen molar-refractivity contribution < 1.29 is 14.3 Å². The monoisotopic (exact) mass is 422 g/mol. The molecule has 0 spiro atoms. The molecule has 2 aromatic carbocycles. The highest BCUT2D eigenvalue weighted by Gasteiger charge is 2.27. The molecule has 2 N–H and O–H groups in total. The van der Waals surface area contributed by atoms with Gasteiger partial charge in [-0.3, -0.25) is 14.5 Å². The highest BCUT2D eigenvalue weighted by molar-refractivity contribution is 6.39. The van der Waals surface area contributed by atoms with E-state index >= 15 is 0 Å². The molecule has 0 aromatic heterocycles. The van der Waals surface area contributed by atoms with Crippen LogP contribution in [-0.2, 0) is 16.0 Å². The summed E-state index contributed by atoms with van der Waals surface area (Å²) in [6, 6.07) is 13.6. The molecular weight excluding hydrogens is 392 g/mol. The Morgan fingerprint density at radius 1 is 1.06 bits per heavy atom. The SMILES string of the molecule is COc1cccc(NC(=O)C(=O)NC[C@H](c2ccc3c(c2)CCN3C)N2CCCC2)c1. The number of hydrogen-bond acceptors (Lipinski definition) is 5. The molecular formula is C24H30N4O3. The lowest BCUT2D eigenvalue weighted by atomic mass is 10.0. The van der Waals surface area contributed by atoms with Crippen LogP contribution in [0.4, 0.5) is 11.4 Å². The van der Waals surface area contributed by atoms with Crippen LogP contribution in [0.1, 0.15) is 30.0 Å². The first-order valence-corrected chi connectivity index (χ1v) is 10.9. The second kappa shape index (κ2) is 9.39. The first-order chi connectivity index (χ1) is 15.0. The summed E-state index contributed by atoms with van der Waals surface area (Å²) in [6.45, 7) is 3.45. The number of fused-ring (bicyclic) bond motifs is 1. The lowest BCUT2D eigenvalue weighted by Gasteiger charge is -2.28. The van der Waals surface area contributed by atoms with Crippen molar-refractivity contribution in [2.75, 3.05) is 50.6 Å². The molecule has 0 aliphatic carbocycles. The Labute approximate surface area is 183 Å². The maximum absolute atomic E-state index is 12.5. The average molecular weight is 423 g/mol. The second-order valence-electron chi connectivity index (χ2n) is 8.21. The number of nitrogens with zero attached hydrogens (tertiary/aromatic N) is 2. The van der Waals surface area contributed by atoms with Gasteiger partial charge in [0.05, 0.1) is 13.2 Å². The van der Waals surface area contributed by atoms with Crippen molar-refractivity contribution >= 4 is 23.2 Å². The number of likely N-dealkylation sites (N-methyl/N-ethyl adjacent to an activating group) is 1. The number of hydrogen-bond donors (Lipinski definition) is 2. The van der Waals surface area contributed by atoms with E-state index in [-0.39, 0.29) is 6.04 Å². The highest BCUT2D eigenvalue weighted by atomic mass is 16.5. The number of methoxy groups -OCH3 is 1. The maximum atomic E-state index is 12.5. The van der Waals surface area contributed by atoms with E-state index in [4.69, 9.17) is 4.74 Å². The van der Waals surface area contributed by atoms with Gasteiger partial charge >= 0.3 is 11.8 Å². The molecule has 2 amide bonds. The Kier molecular flexibility index (Phi) is 6.42. The summed E-state index contributed by atoms with van der Waals surface area (Å²) < 4.78 is 5.16. The number of nitrogens with one attached hydrogen (secondary N) is 2. The Morgan fingerprint density at radius 3 is 2.65 bits per heavy atom. The van der Waals surface area contributed by atoms with E-state index in [1.807, 2.05) is 0 Å². The molecule has 1 fully saturated rings. The van der Waals surface area contributed by atoms with Gasteiger partial charge in [0, 0.05) is 37.6 Å². The fraction of sp³-hybridized carbons (Fsp3) is 0.417. The van der Waals surface area contributed by atoms with Crippen LogP contribution in [0.3, 0.4) is 0 Å². The highest BCUT2D eigenvalue weighted by Crippen LogP contribution is 2.32.